The molecule has 13 heavy (non-hydrogen) atoms. The summed E-state index contributed by atoms with van der Waals surface area (Å²) in [4.78, 5) is 14.1. The van der Waals surface area contributed by atoms with E-state index in [0.29, 0.717) is 6.54 Å². The number of thiophene rings is 1. The average molecular weight is 195 g/mol. The van der Waals surface area contributed by atoms with Gasteiger partial charge in [0.2, 0.25) is 5.91 Å². The van der Waals surface area contributed by atoms with Gasteiger partial charge in [0.25, 0.3) is 0 Å². The maximum atomic E-state index is 11.2. The lowest BCUT2D eigenvalue weighted by Gasteiger charge is -2.14. The van der Waals surface area contributed by atoms with Crippen molar-refractivity contribution in [1.82, 2.24) is 4.90 Å². The van der Waals surface area contributed by atoms with Crippen LogP contribution >= 0.6 is 11.3 Å². The van der Waals surface area contributed by atoms with E-state index >= 15 is 0 Å². The van der Waals surface area contributed by atoms with Crippen molar-refractivity contribution in [3.8, 4) is 0 Å². The molecule has 0 spiro atoms. The van der Waals surface area contributed by atoms with Gasteiger partial charge in [-0.25, -0.2) is 0 Å². The Kier molecular flexibility index (Phi) is 3.25. The number of carbonyl (C=O) groups excluding carboxylic acids is 1. The van der Waals surface area contributed by atoms with Crippen LogP contribution in [0.1, 0.15) is 10.4 Å². The van der Waals surface area contributed by atoms with E-state index < -0.39 is 0 Å². The van der Waals surface area contributed by atoms with Gasteiger partial charge in [-0.15, -0.1) is 11.3 Å². The third-order valence-corrected chi connectivity index (χ3v) is 2.91. The van der Waals surface area contributed by atoms with Crippen molar-refractivity contribution in [1.29, 1.82) is 0 Å². The van der Waals surface area contributed by atoms with Gasteiger partial charge >= 0.3 is 0 Å². The summed E-state index contributed by atoms with van der Waals surface area (Å²) in [5.41, 5.74) is 1.24. The lowest BCUT2D eigenvalue weighted by Crippen LogP contribution is -2.23. The summed E-state index contributed by atoms with van der Waals surface area (Å²) >= 11 is 1.68. The second-order valence-corrected chi connectivity index (χ2v) is 3.93. The normalized spacial score (nSPS) is 9.69. The van der Waals surface area contributed by atoms with E-state index in [9.17, 15) is 4.79 Å². The molecule has 0 aromatic carbocycles. The highest BCUT2D eigenvalue weighted by atomic mass is 32.1. The molecule has 1 rings (SSSR count). The average Bonchev–Trinajstić information content (AvgIpc) is 2.50. The van der Waals surface area contributed by atoms with Gasteiger partial charge < -0.3 is 4.90 Å². The molecule has 2 nitrogen and oxygen atoms in total. The maximum Gasteiger partial charge on any atom is 0.246 e. The summed E-state index contributed by atoms with van der Waals surface area (Å²) in [6, 6.07) is 2.06. The third kappa shape index (κ3) is 2.42. The highest BCUT2D eigenvalue weighted by Crippen LogP contribution is 2.17. The van der Waals surface area contributed by atoms with Crippen LogP contribution in [0, 0.1) is 6.92 Å². The van der Waals surface area contributed by atoms with Crippen LogP contribution in [-0.4, -0.2) is 17.9 Å². The van der Waals surface area contributed by atoms with Crippen molar-refractivity contribution in [3.05, 3.63) is 34.5 Å². The van der Waals surface area contributed by atoms with Gasteiger partial charge in [-0.2, -0.15) is 0 Å². The maximum absolute atomic E-state index is 11.2. The number of amides is 1. The fourth-order valence-electron chi connectivity index (χ4n) is 1.02. The fourth-order valence-corrected chi connectivity index (χ4v) is 1.97. The van der Waals surface area contributed by atoms with E-state index in [0.717, 1.165) is 0 Å². The summed E-state index contributed by atoms with van der Waals surface area (Å²) in [5, 5.41) is 2.04. The van der Waals surface area contributed by atoms with E-state index in [-0.39, 0.29) is 5.91 Å². The molecular formula is C10H13NOS. The molecule has 0 aliphatic rings. The summed E-state index contributed by atoms with van der Waals surface area (Å²) in [6.07, 6.45) is 1.34. The second-order valence-electron chi connectivity index (χ2n) is 2.93. The van der Waals surface area contributed by atoms with Gasteiger partial charge in [0, 0.05) is 11.9 Å². The van der Waals surface area contributed by atoms with Crippen molar-refractivity contribution in [2.75, 3.05) is 7.05 Å². The molecule has 0 radical (unpaired) electrons. The molecule has 1 amide bonds. The fraction of sp³-hybridized carbons (Fsp3) is 0.300. The molecule has 0 bridgehead atoms. The summed E-state index contributed by atoms with van der Waals surface area (Å²) < 4.78 is 0. The Hall–Kier alpha value is -1.09. The minimum absolute atomic E-state index is 0.0344. The van der Waals surface area contributed by atoms with Gasteiger partial charge in [-0.3, -0.25) is 4.79 Å². The summed E-state index contributed by atoms with van der Waals surface area (Å²) in [6.45, 7) is 6.17. The van der Waals surface area contributed by atoms with Crippen molar-refractivity contribution >= 4 is 17.2 Å². The largest absolute Gasteiger partial charge is 0.337 e. The molecule has 0 unspecified atom stereocenters. The van der Waals surface area contributed by atoms with Gasteiger partial charge in [-0.1, -0.05) is 6.58 Å². The molecule has 1 aromatic rings. The smallest absolute Gasteiger partial charge is 0.246 e. The molecule has 0 saturated carbocycles. The SMILES string of the molecule is C=CC(=O)N(C)Cc1sccc1C. The molecule has 0 aliphatic heterocycles. The molecule has 0 atom stereocenters. The number of aryl methyl sites for hydroxylation is 1. The Labute approximate surface area is 82.5 Å². The van der Waals surface area contributed by atoms with Gasteiger partial charge in [0.1, 0.15) is 0 Å². The van der Waals surface area contributed by atoms with Crippen LogP contribution in [0.4, 0.5) is 0 Å². The highest BCUT2D eigenvalue weighted by molar-refractivity contribution is 7.10. The second kappa shape index (κ2) is 4.23. The Morgan fingerprint density at radius 3 is 2.92 bits per heavy atom. The molecule has 1 heterocycles. The van der Waals surface area contributed by atoms with E-state index in [2.05, 4.69) is 19.6 Å². The predicted molar refractivity (Wildman–Crippen MR) is 55.7 cm³/mol. The molecule has 70 valence electrons. The van der Waals surface area contributed by atoms with E-state index in [4.69, 9.17) is 0 Å². The molecule has 0 aliphatic carbocycles. The minimum atomic E-state index is -0.0344. The number of rotatable bonds is 3. The van der Waals surface area contributed by atoms with E-state index in [1.807, 2.05) is 5.38 Å². The van der Waals surface area contributed by atoms with Crippen molar-refractivity contribution in [3.63, 3.8) is 0 Å². The number of hydrogen-bond donors (Lipinski definition) is 0. The highest BCUT2D eigenvalue weighted by Gasteiger charge is 2.07. The van der Waals surface area contributed by atoms with Crippen LogP contribution in [-0.2, 0) is 11.3 Å². The molecule has 3 heteroatoms. The van der Waals surface area contributed by atoms with Crippen LogP contribution in [0.15, 0.2) is 24.1 Å². The lowest BCUT2D eigenvalue weighted by molar-refractivity contribution is -0.125. The monoisotopic (exact) mass is 195 g/mol. The van der Waals surface area contributed by atoms with Crippen molar-refractivity contribution in [2.45, 2.75) is 13.5 Å². The Balaban J connectivity index is 2.64. The lowest BCUT2D eigenvalue weighted by atomic mass is 10.3. The van der Waals surface area contributed by atoms with Crippen LogP contribution in [0.3, 0.4) is 0 Å². The Morgan fingerprint density at radius 2 is 2.46 bits per heavy atom. The number of likely N-dealkylation sites (N-methyl/N-ethyl adjacent to an activating group) is 1. The first kappa shape index (κ1) is 9.99. The zero-order valence-electron chi connectivity index (χ0n) is 7.91. The van der Waals surface area contributed by atoms with Gasteiger partial charge in [0.15, 0.2) is 0 Å². The quantitative estimate of drug-likeness (QED) is 0.677. The number of hydrogen-bond acceptors (Lipinski definition) is 2. The van der Waals surface area contributed by atoms with E-state index in [1.54, 1.807) is 23.3 Å². The molecule has 1 aromatic heterocycles. The predicted octanol–water partition coefficient (Wildman–Crippen LogP) is 2.20. The Morgan fingerprint density at radius 1 is 1.77 bits per heavy atom. The van der Waals surface area contributed by atoms with Crippen molar-refractivity contribution in [2.24, 2.45) is 0 Å². The van der Waals surface area contributed by atoms with Gasteiger partial charge in [0.05, 0.1) is 6.54 Å². The van der Waals surface area contributed by atoms with E-state index in [1.165, 1.54) is 16.5 Å². The molecule has 0 saturated heterocycles. The van der Waals surface area contributed by atoms with Crippen LogP contribution in [0.25, 0.3) is 0 Å². The van der Waals surface area contributed by atoms with Gasteiger partial charge in [-0.05, 0) is 30.0 Å². The topological polar surface area (TPSA) is 20.3 Å². The number of carbonyl (C=O) groups is 1. The zero-order valence-corrected chi connectivity index (χ0v) is 8.73. The molecule has 0 fully saturated rings. The first-order valence-electron chi connectivity index (χ1n) is 4.05. The third-order valence-electron chi connectivity index (χ3n) is 1.90. The Bertz CT molecular complexity index is 316. The number of nitrogens with zero attached hydrogens (tertiary/aromatic N) is 1. The first-order valence-corrected chi connectivity index (χ1v) is 4.93. The first-order chi connectivity index (χ1) is 6.15. The van der Waals surface area contributed by atoms with Crippen LogP contribution in [0.2, 0.25) is 0 Å². The summed E-state index contributed by atoms with van der Waals surface area (Å²) in [7, 11) is 1.78. The minimum Gasteiger partial charge on any atom is -0.337 e. The zero-order chi connectivity index (χ0) is 9.84. The molecule has 0 N–H and O–H groups in total. The molecular weight excluding hydrogens is 182 g/mol. The van der Waals surface area contributed by atoms with Crippen LogP contribution < -0.4 is 0 Å². The van der Waals surface area contributed by atoms with Crippen molar-refractivity contribution < 1.29 is 4.79 Å². The standard InChI is InChI=1S/C10H13NOS/c1-4-10(12)11(3)7-9-8(2)5-6-13-9/h4-6H,1,7H2,2-3H3. The summed E-state index contributed by atoms with van der Waals surface area (Å²) in [5.74, 6) is -0.0344. The van der Waals surface area contributed by atoms with Crippen LogP contribution in [0.5, 0.6) is 0 Å².